The zero-order valence-corrected chi connectivity index (χ0v) is 37.1. The van der Waals surface area contributed by atoms with E-state index in [-0.39, 0.29) is 29.7 Å². The first-order chi connectivity index (χ1) is 32.5. The van der Waals surface area contributed by atoms with Crippen LogP contribution in [0.3, 0.4) is 0 Å². The molecule has 2 heterocycles. The Morgan fingerprint density at radius 2 is 1.06 bits per heavy atom. The lowest BCUT2D eigenvalue weighted by Gasteiger charge is -2.31. The average molecular weight is 891 g/mol. The summed E-state index contributed by atoms with van der Waals surface area (Å²) in [6.45, 7) is 5.08. The summed E-state index contributed by atoms with van der Waals surface area (Å²) >= 11 is 0. The van der Waals surface area contributed by atoms with E-state index in [0.717, 1.165) is 55.3 Å². The van der Waals surface area contributed by atoms with Gasteiger partial charge in [-0.25, -0.2) is 0 Å². The van der Waals surface area contributed by atoms with E-state index in [9.17, 15) is 9.90 Å². The highest BCUT2D eigenvalue weighted by Crippen LogP contribution is 2.45. The van der Waals surface area contributed by atoms with Crippen LogP contribution in [0.15, 0.2) is 120 Å². The van der Waals surface area contributed by atoms with Crippen molar-refractivity contribution in [1.82, 2.24) is 0 Å². The number of hydrogen-bond donors (Lipinski definition) is 4. The molecule has 0 aromatic heterocycles. The van der Waals surface area contributed by atoms with Crippen molar-refractivity contribution in [3.63, 3.8) is 0 Å². The first kappa shape index (κ1) is 44.8. The molecule has 0 unspecified atom stereocenters. The summed E-state index contributed by atoms with van der Waals surface area (Å²) in [6, 6.07) is 35.5. The van der Waals surface area contributed by atoms with E-state index in [1.807, 2.05) is 109 Å². The number of aliphatic hydroxyl groups excluding tert-OH is 1. The minimum atomic E-state index is -0.449. The molecule has 0 bridgehead atoms. The number of rotatable bonds is 23. The molecule has 16 heteroatoms. The predicted molar refractivity (Wildman–Crippen MR) is 259 cm³/mol. The minimum Gasteiger partial charge on any atom is -0.506 e. The van der Waals surface area contributed by atoms with Crippen molar-refractivity contribution in [2.24, 2.45) is 4.90 Å². The third-order valence-corrected chi connectivity index (χ3v) is 11.7. The van der Waals surface area contributed by atoms with Crippen LogP contribution in [-0.4, -0.2) is 118 Å². The number of nitrogens with zero attached hydrogens (tertiary/aromatic N) is 1. The first-order valence-electron chi connectivity index (χ1n) is 22.2. The van der Waals surface area contributed by atoms with E-state index >= 15 is 0 Å². The second kappa shape index (κ2) is 21.3. The number of carbonyl (C=O) groups excluding carboxylic acids is 1. The number of methoxy groups -OCH3 is 2. The fourth-order valence-corrected chi connectivity index (χ4v) is 8.41. The molecule has 1 aliphatic carbocycles. The van der Waals surface area contributed by atoms with Crippen LogP contribution in [0.25, 0.3) is 32.7 Å². The van der Waals surface area contributed by atoms with Gasteiger partial charge in [-0.15, -0.1) is 0 Å². The van der Waals surface area contributed by atoms with Crippen LogP contribution < -0.4 is 46.7 Å². The van der Waals surface area contributed by atoms with E-state index in [2.05, 4.69) is 15.7 Å². The number of ether oxygens (including phenoxy) is 8. The van der Waals surface area contributed by atoms with Crippen LogP contribution in [0.4, 0.5) is 17.1 Å². The molecule has 0 saturated heterocycles. The summed E-state index contributed by atoms with van der Waals surface area (Å²) in [6.07, 6.45) is 0. The minimum absolute atomic E-state index is 0.0588. The van der Waals surface area contributed by atoms with Gasteiger partial charge in [0.15, 0.2) is 0 Å². The zero-order chi connectivity index (χ0) is 45.2. The van der Waals surface area contributed by atoms with Crippen molar-refractivity contribution in [3.05, 3.63) is 131 Å². The maximum absolute atomic E-state index is 14.5. The summed E-state index contributed by atoms with van der Waals surface area (Å²) in [7, 11) is 3.29. The Morgan fingerprint density at radius 1 is 0.530 bits per heavy atom. The fraction of sp³-hybridized carbons (Fsp3) is 0.280. The second-order valence-electron chi connectivity index (χ2n) is 15.9. The van der Waals surface area contributed by atoms with Crippen LogP contribution in [0.2, 0.25) is 0 Å². The van der Waals surface area contributed by atoms with Gasteiger partial charge in [0.2, 0.25) is 5.78 Å². The third-order valence-electron chi connectivity index (χ3n) is 11.7. The maximum Gasteiger partial charge on any atom is 0.427 e. The number of hydrogen-bond acceptors (Lipinski definition) is 14. The van der Waals surface area contributed by atoms with Gasteiger partial charge >= 0.3 is 14.0 Å². The lowest BCUT2D eigenvalue weighted by atomic mass is 9.65. The van der Waals surface area contributed by atoms with Gasteiger partial charge in [0, 0.05) is 52.8 Å². The van der Waals surface area contributed by atoms with Gasteiger partial charge in [-0.2, -0.15) is 0 Å². The van der Waals surface area contributed by atoms with Gasteiger partial charge in [-0.05, 0) is 58.1 Å². The largest absolute Gasteiger partial charge is 0.506 e. The van der Waals surface area contributed by atoms with Gasteiger partial charge in [0.05, 0.1) is 82.6 Å². The topological polar surface area (TPSA) is 160 Å². The van der Waals surface area contributed by atoms with Gasteiger partial charge in [-0.3, -0.25) is 4.79 Å². The molecular weight excluding hydrogens is 838 g/mol. The molecule has 0 radical (unpaired) electrons. The fourth-order valence-electron chi connectivity index (χ4n) is 8.41. The van der Waals surface area contributed by atoms with Gasteiger partial charge in [-0.1, -0.05) is 72.8 Å². The van der Waals surface area contributed by atoms with Crippen molar-refractivity contribution in [1.29, 1.82) is 0 Å². The summed E-state index contributed by atoms with van der Waals surface area (Å²) in [5.74, 6) is 1.13. The second-order valence-corrected chi connectivity index (χ2v) is 15.9. The number of nitrogens with one attached hydrogen (secondary N) is 3. The highest BCUT2D eigenvalue weighted by atomic mass is 16.6. The number of ketones is 1. The number of aliphatic hydroxyl groups is 1. The number of carbonyl (C=O) groups is 1. The summed E-state index contributed by atoms with van der Waals surface area (Å²) in [5, 5.41) is 27.9. The molecule has 0 spiro atoms. The number of Topliss-reactive ketones (excluding diaryl/α,β-unsaturated/α-hetero) is 1. The van der Waals surface area contributed by atoms with E-state index in [1.165, 1.54) is 0 Å². The van der Waals surface area contributed by atoms with Crippen LogP contribution in [0.1, 0.15) is 5.56 Å². The number of benzene rings is 6. The van der Waals surface area contributed by atoms with Crippen LogP contribution in [0.5, 0.6) is 11.5 Å². The molecule has 338 valence electrons. The van der Waals surface area contributed by atoms with Crippen molar-refractivity contribution >= 4 is 80.4 Å². The van der Waals surface area contributed by atoms with Crippen LogP contribution >= 0.6 is 0 Å². The Hall–Kier alpha value is -6.39. The molecule has 6 aromatic rings. The van der Waals surface area contributed by atoms with E-state index < -0.39 is 6.98 Å². The van der Waals surface area contributed by atoms with Gasteiger partial charge in [0.1, 0.15) is 30.5 Å². The number of allylic oxidation sites excluding steroid dienone is 2. The Labute approximate surface area is 383 Å². The average Bonchev–Trinajstić information content (AvgIpc) is 3.35. The van der Waals surface area contributed by atoms with Gasteiger partial charge < -0.3 is 63.6 Å². The Morgan fingerprint density at radius 3 is 1.65 bits per heavy atom. The highest BCUT2D eigenvalue weighted by molar-refractivity contribution is 6.80. The van der Waals surface area contributed by atoms with Crippen molar-refractivity contribution in [2.45, 2.75) is 0 Å². The molecule has 66 heavy (non-hydrogen) atoms. The lowest BCUT2D eigenvalue weighted by Crippen LogP contribution is -2.48. The standard InChI is InChI=1S/C50H52B2N4O10/c1-59-21-23-61-25-27-63-29-31-65-37-15-11-35(12-16-37)51-53-41-7-3-5-33-9-19-39(47(55-51)43(33)41)45-49(57)46(50(45)58)40-20-10-34-6-4-8-42-44(34)48(40)56-52(54-42)36-13-17-38(18-14-36)66-32-30-64-28-26-62-24-22-60-2/h3-20,53-55,57H,21-32H2,1-2H3. The lowest BCUT2D eigenvalue weighted by molar-refractivity contribution is -0.109. The highest BCUT2D eigenvalue weighted by Gasteiger charge is 2.39. The van der Waals surface area contributed by atoms with Crippen molar-refractivity contribution < 1.29 is 47.8 Å². The number of anilines is 3. The quantitative estimate of drug-likeness (QED) is 0.0528. The molecule has 0 fully saturated rings. The Balaban J connectivity index is 0.938. The predicted octanol–water partition coefficient (Wildman–Crippen LogP) is 4.49. The monoisotopic (exact) mass is 890 g/mol. The molecule has 0 amide bonds. The molecule has 4 N–H and O–H groups in total. The summed E-state index contributed by atoms with van der Waals surface area (Å²) < 4.78 is 43.9. The smallest absolute Gasteiger partial charge is 0.427 e. The maximum atomic E-state index is 14.5. The van der Waals surface area contributed by atoms with Crippen LogP contribution in [-0.2, 0) is 33.2 Å². The molecule has 9 rings (SSSR count). The molecule has 3 aliphatic rings. The summed E-state index contributed by atoms with van der Waals surface area (Å²) in [5.41, 5.74) is 5.60. The SMILES string of the molecule is COCCOCCOCCOc1ccc(B2N=c3c(=C4C(=O)C(c5ccc6cccc7c6c5NB(c5ccc(OCCOCCOCCOC)cc5)N7)=C4O)ccc4cccc(c34)N2)cc1. The normalized spacial score (nSPS) is 14.7. The molecular formula is C50H52B2N4O10. The van der Waals surface area contributed by atoms with E-state index in [4.69, 9.17) is 42.8 Å². The zero-order valence-electron chi connectivity index (χ0n) is 37.1. The van der Waals surface area contributed by atoms with E-state index in [1.54, 1.807) is 14.2 Å². The summed E-state index contributed by atoms with van der Waals surface area (Å²) in [4.78, 5) is 19.7. The van der Waals surface area contributed by atoms with E-state index in [0.29, 0.717) is 101 Å². The van der Waals surface area contributed by atoms with Crippen LogP contribution in [0, 0.1) is 0 Å². The van der Waals surface area contributed by atoms with Crippen molar-refractivity contribution in [3.8, 4) is 11.5 Å². The molecule has 0 atom stereocenters. The molecule has 6 aromatic carbocycles. The molecule has 14 nitrogen and oxygen atoms in total. The van der Waals surface area contributed by atoms with Crippen molar-refractivity contribution in [2.75, 3.05) is 109 Å². The Kier molecular flexibility index (Phi) is 14.4. The first-order valence-corrected chi connectivity index (χ1v) is 22.2. The third kappa shape index (κ3) is 9.75. The Bertz CT molecular complexity index is 2840. The molecule has 2 aliphatic heterocycles. The van der Waals surface area contributed by atoms with Gasteiger partial charge in [0.25, 0.3) is 0 Å². The molecule has 0 saturated carbocycles.